The molecule has 19 heteroatoms. The van der Waals surface area contributed by atoms with Gasteiger partial charge in [0.05, 0.1) is 32.8 Å². The van der Waals surface area contributed by atoms with Crippen molar-refractivity contribution in [3.63, 3.8) is 0 Å². The van der Waals surface area contributed by atoms with Crippen LogP contribution in [0.25, 0.3) is 0 Å². The Morgan fingerprint density at radius 2 is 0.560 bits per heavy atom. The Bertz CT molecular complexity index is 2470. The third kappa shape index (κ3) is 71.3. The molecule has 0 aliphatic rings. The Kier molecular flexibility index (Phi) is 68.6. The van der Waals surface area contributed by atoms with Crippen LogP contribution in [0.1, 0.15) is 285 Å². The summed E-state index contributed by atoms with van der Waals surface area (Å²) in [6, 6.07) is 0. The van der Waals surface area contributed by atoms with Crippen LogP contribution in [0, 0.1) is 0 Å². The number of carbonyl (C=O) groups excluding carboxylic acids is 4. The number of rotatable bonds is 70. The van der Waals surface area contributed by atoms with Crippen LogP contribution in [0.5, 0.6) is 0 Å². The second-order valence-corrected chi connectivity index (χ2v) is 27.7. The number of aliphatic hydroxyl groups is 1. The quantitative estimate of drug-likeness (QED) is 0.0169. The van der Waals surface area contributed by atoms with Crippen molar-refractivity contribution in [2.24, 2.45) is 0 Å². The molecule has 570 valence electrons. The monoisotopic (exact) mass is 1440 g/mol. The Balaban J connectivity index is 5.46. The zero-order valence-electron chi connectivity index (χ0n) is 62.1. The van der Waals surface area contributed by atoms with E-state index in [1.165, 1.54) is 44.9 Å². The van der Waals surface area contributed by atoms with Gasteiger partial charge in [-0.15, -0.1) is 0 Å². The average Bonchev–Trinajstić information content (AvgIpc) is 0.937. The predicted molar refractivity (Wildman–Crippen MR) is 408 cm³/mol. The van der Waals surface area contributed by atoms with E-state index in [1.54, 1.807) is 6.08 Å². The molecule has 0 rings (SSSR count). The largest absolute Gasteiger partial charge is 0.472 e. The first-order chi connectivity index (χ1) is 48.7. The molecule has 100 heavy (non-hydrogen) atoms. The molecule has 0 saturated heterocycles. The fourth-order valence-electron chi connectivity index (χ4n) is 9.54. The summed E-state index contributed by atoms with van der Waals surface area (Å²) >= 11 is 0. The van der Waals surface area contributed by atoms with E-state index >= 15 is 0 Å². The molecular weight excluding hydrogens is 1310 g/mol. The van der Waals surface area contributed by atoms with Crippen LogP contribution in [0.15, 0.2) is 146 Å². The number of carbonyl (C=O) groups is 4. The van der Waals surface area contributed by atoms with Crippen molar-refractivity contribution in [3.8, 4) is 0 Å². The molecule has 0 aromatic heterocycles. The fourth-order valence-corrected chi connectivity index (χ4v) is 11.1. The third-order valence-corrected chi connectivity index (χ3v) is 17.2. The van der Waals surface area contributed by atoms with E-state index < -0.39 is 97.5 Å². The molecule has 0 bridgehead atoms. The lowest BCUT2D eigenvalue weighted by molar-refractivity contribution is -0.161. The van der Waals surface area contributed by atoms with Crippen LogP contribution >= 0.6 is 15.6 Å². The van der Waals surface area contributed by atoms with Gasteiger partial charge in [-0.3, -0.25) is 37.3 Å². The molecule has 0 amide bonds. The maximum atomic E-state index is 13.1. The summed E-state index contributed by atoms with van der Waals surface area (Å²) in [5, 5.41) is 10.6. The zero-order chi connectivity index (χ0) is 73.2. The molecule has 3 N–H and O–H groups in total. The van der Waals surface area contributed by atoms with Crippen molar-refractivity contribution < 1.29 is 80.2 Å². The highest BCUT2D eigenvalue weighted by Crippen LogP contribution is 2.45. The van der Waals surface area contributed by atoms with Crippen molar-refractivity contribution in [3.05, 3.63) is 146 Å². The maximum absolute atomic E-state index is 13.1. The van der Waals surface area contributed by atoms with Gasteiger partial charge in [-0.2, -0.15) is 0 Å². The van der Waals surface area contributed by atoms with Gasteiger partial charge in [0.1, 0.15) is 19.3 Å². The summed E-state index contributed by atoms with van der Waals surface area (Å²) in [6.07, 6.45) is 81.5. The van der Waals surface area contributed by atoms with E-state index in [4.69, 9.17) is 37.0 Å². The van der Waals surface area contributed by atoms with Gasteiger partial charge in [0.15, 0.2) is 12.2 Å². The Morgan fingerprint density at radius 3 is 0.920 bits per heavy atom. The van der Waals surface area contributed by atoms with Gasteiger partial charge in [0.25, 0.3) is 0 Å². The van der Waals surface area contributed by atoms with E-state index in [1.807, 2.05) is 18.2 Å². The first kappa shape index (κ1) is 94.9. The van der Waals surface area contributed by atoms with Gasteiger partial charge >= 0.3 is 39.5 Å². The standard InChI is InChI=1S/C81H134O17P2/c1-5-9-13-17-21-25-29-33-36-37-40-43-46-50-54-58-62-66-79(84)92-72-77(98-81(86)68-64-60-56-52-48-44-39-35-31-27-23-19-15-11-7-3)74-96-100(89,90)94-70-75(82)69-93-99(87,88)95-73-76(97-80(85)67-63-59-55-51-47-41-32-28-24-20-16-12-8-4)71-91-78(83)65-61-57-53-49-45-42-38-34-30-26-22-18-14-10-6-2/h9-10,13-14,21-23,25-28,32-36,38-40,43,45,49,57,61,75-77,82H,5-8,11-12,15-20,24,29-31,37,41-42,44,46-48,50-56,58-60,62-74H2,1-4H3,(H,87,88)(H,89,90)/b13-9-,14-10-,25-21-,26-22-,27-23-,32-28-,36-33-,38-34-,39-35-,43-40-,49-45-,61-57-. The van der Waals surface area contributed by atoms with Gasteiger partial charge in [0, 0.05) is 19.3 Å². The topological polar surface area (TPSA) is 237 Å². The predicted octanol–water partition coefficient (Wildman–Crippen LogP) is 21.9. The maximum Gasteiger partial charge on any atom is 0.472 e. The molecule has 0 aliphatic heterocycles. The molecule has 17 nitrogen and oxygen atoms in total. The minimum absolute atomic E-state index is 0.0611. The summed E-state index contributed by atoms with van der Waals surface area (Å²) in [6.45, 7) is 4.42. The number of ether oxygens (including phenoxy) is 4. The van der Waals surface area contributed by atoms with Gasteiger partial charge in [0.2, 0.25) is 0 Å². The van der Waals surface area contributed by atoms with E-state index in [-0.39, 0.29) is 25.7 Å². The van der Waals surface area contributed by atoms with E-state index in [9.17, 15) is 43.2 Å². The molecule has 0 aliphatic carbocycles. The molecule has 0 heterocycles. The van der Waals surface area contributed by atoms with Crippen LogP contribution < -0.4 is 0 Å². The van der Waals surface area contributed by atoms with E-state index in [0.29, 0.717) is 25.7 Å². The first-order valence-electron chi connectivity index (χ1n) is 38.1. The molecule has 0 spiro atoms. The Morgan fingerprint density at radius 1 is 0.300 bits per heavy atom. The van der Waals surface area contributed by atoms with E-state index in [0.717, 1.165) is 161 Å². The van der Waals surface area contributed by atoms with Crippen LogP contribution in [-0.2, 0) is 65.4 Å². The lowest BCUT2D eigenvalue weighted by Gasteiger charge is -2.21. The summed E-state index contributed by atoms with van der Waals surface area (Å²) in [7, 11) is -10.00. The summed E-state index contributed by atoms with van der Waals surface area (Å²) in [5.74, 6) is -2.38. The van der Waals surface area contributed by atoms with Gasteiger partial charge in [-0.05, 0) is 148 Å². The second-order valence-electron chi connectivity index (χ2n) is 24.8. The van der Waals surface area contributed by atoms with Crippen LogP contribution in [0.4, 0.5) is 0 Å². The van der Waals surface area contributed by atoms with Crippen LogP contribution in [-0.4, -0.2) is 96.7 Å². The van der Waals surface area contributed by atoms with Gasteiger partial charge < -0.3 is 33.8 Å². The molecule has 5 unspecified atom stereocenters. The summed E-state index contributed by atoms with van der Waals surface area (Å²) in [5.41, 5.74) is 0. The number of phosphoric ester groups is 2. The zero-order valence-corrected chi connectivity index (χ0v) is 63.9. The third-order valence-electron chi connectivity index (χ3n) is 15.3. The van der Waals surface area contributed by atoms with Gasteiger partial charge in [-0.1, -0.05) is 257 Å². The molecule has 0 fully saturated rings. The molecule has 0 radical (unpaired) electrons. The minimum Gasteiger partial charge on any atom is -0.462 e. The lowest BCUT2D eigenvalue weighted by atomic mass is 10.1. The number of hydrogen-bond donors (Lipinski definition) is 3. The highest BCUT2D eigenvalue weighted by atomic mass is 31.2. The first-order valence-corrected chi connectivity index (χ1v) is 41.1. The van der Waals surface area contributed by atoms with Crippen molar-refractivity contribution in [2.45, 2.75) is 303 Å². The number of esters is 4. The lowest BCUT2D eigenvalue weighted by Crippen LogP contribution is -2.30. The number of hydrogen-bond acceptors (Lipinski definition) is 15. The number of unbranched alkanes of at least 4 members (excludes halogenated alkanes) is 21. The Labute approximate surface area is 605 Å². The molecular formula is C81H134O17P2. The normalized spacial score (nSPS) is 14.8. The SMILES string of the molecule is CC/C=C\C/C=C\C/C=C\C/C=C\C/C=C\CC(=O)OCC(COP(=O)(O)OCC(O)COP(=O)(O)OCC(COC(=O)CCCCCC/C=C\C/C=C\C/C=C\C/C=C\CC)OC(=O)CCCCCCC/C=C\C/C=C\CCCCC)OC(=O)CCCCCCC/C=C\CCCCCC. The summed E-state index contributed by atoms with van der Waals surface area (Å²) in [4.78, 5) is 72.8. The van der Waals surface area contributed by atoms with Crippen molar-refractivity contribution >= 4 is 39.5 Å². The number of aliphatic hydroxyl groups excluding tert-OH is 1. The molecule has 0 aromatic rings. The molecule has 0 saturated carbocycles. The Hall–Kier alpha value is -5.06. The average molecular weight is 1440 g/mol. The highest BCUT2D eigenvalue weighted by Gasteiger charge is 2.30. The second kappa shape index (κ2) is 72.3. The molecule has 5 atom stereocenters. The van der Waals surface area contributed by atoms with Crippen molar-refractivity contribution in [1.29, 1.82) is 0 Å². The number of allylic oxidation sites excluding steroid dienone is 23. The highest BCUT2D eigenvalue weighted by molar-refractivity contribution is 7.47. The van der Waals surface area contributed by atoms with Crippen molar-refractivity contribution in [1.82, 2.24) is 0 Å². The smallest absolute Gasteiger partial charge is 0.462 e. The number of phosphoric acid groups is 2. The van der Waals surface area contributed by atoms with Crippen LogP contribution in [0.3, 0.4) is 0 Å². The summed E-state index contributed by atoms with van der Waals surface area (Å²) < 4.78 is 68.3. The van der Waals surface area contributed by atoms with Crippen molar-refractivity contribution in [2.75, 3.05) is 39.6 Å². The molecule has 0 aromatic carbocycles. The minimum atomic E-state index is -5.00. The van der Waals surface area contributed by atoms with Gasteiger partial charge in [-0.25, -0.2) is 9.13 Å². The van der Waals surface area contributed by atoms with E-state index in [2.05, 4.69) is 149 Å². The van der Waals surface area contributed by atoms with Crippen LogP contribution in [0.2, 0.25) is 0 Å². The fraction of sp³-hybridized carbons (Fsp3) is 0.654.